The molecule has 6 heteroatoms. The zero-order chi connectivity index (χ0) is 20.1. The Labute approximate surface area is 163 Å². The highest BCUT2D eigenvalue weighted by atomic mass is 16.5. The molecule has 1 heterocycles. The molecule has 0 saturated carbocycles. The first-order valence-corrected chi connectivity index (χ1v) is 9.14. The molecular weight excluding hydrogens is 356 g/mol. The van der Waals surface area contributed by atoms with Crippen LogP contribution in [0, 0.1) is 6.92 Å². The van der Waals surface area contributed by atoms with Gasteiger partial charge >= 0.3 is 11.9 Å². The first kappa shape index (κ1) is 19.4. The Morgan fingerprint density at radius 3 is 2.43 bits per heavy atom. The fraction of sp³-hybridized carbons (Fsp3) is 0.227. The van der Waals surface area contributed by atoms with Crippen molar-refractivity contribution in [3.63, 3.8) is 0 Å². The summed E-state index contributed by atoms with van der Waals surface area (Å²) in [6.07, 6.45) is 1.49. The number of hydrogen-bond acceptors (Lipinski definition) is 6. The van der Waals surface area contributed by atoms with Crippen LogP contribution in [0.5, 0.6) is 0 Å². The first-order valence-electron chi connectivity index (χ1n) is 9.14. The van der Waals surface area contributed by atoms with E-state index in [4.69, 9.17) is 9.47 Å². The molecule has 3 rings (SSSR count). The molecule has 0 atom stereocenters. The van der Waals surface area contributed by atoms with Crippen molar-refractivity contribution >= 4 is 34.2 Å². The average Bonchev–Trinajstić information content (AvgIpc) is 2.69. The van der Waals surface area contributed by atoms with Crippen LogP contribution in [0.1, 0.15) is 40.1 Å². The highest BCUT2D eigenvalue weighted by Gasteiger charge is 2.19. The number of esters is 2. The second-order valence-electron chi connectivity index (χ2n) is 6.16. The summed E-state index contributed by atoms with van der Waals surface area (Å²) in [5, 5.41) is 3.97. The zero-order valence-electron chi connectivity index (χ0n) is 16.1. The molecule has 0 saturated heterocycles. The monoisotopic (exact) mass is 378 g/mol. The van der Waals surface area contributed by atoms with Crippen LogP contribution < -0.4 is 5.32 Å². The fourth-order valence-electron chi connectivity index (χ4n) is 2.88. The molecule has 6 nitrogen and oxygen atoms in total. The number of aromatic nitrogens is 1. The van der Waals surface area contributed by atoms with Crippen molar-refractivity contribution in [2.24, 2.45) is 0 Å². The molecule has 1 aromatic heterocycles. The second-order valence-corrected chi connectivity index (χ2v) is 6.16. The topological polar surface area (TPSA) is 77.5 Å². The summed E-state index contributed by atoms with van der Waals surface area (Å²) in [5.41, 5.74) is 3.76. The van der Waals surface area contributed by atoms with Crippen LogP contribution in [0.4, 0.5) is 11.4 Å². The predicted molar refractivity (Wildman–Crippen MR) is 108 cm³/mol. The molecule has 0 amide bonds. The van der Waals surface area contributed by atoms with E-state index in [-0.39, 0.29) is 13.2 Å². The lowest BCUT2D eigenvalue weighted by Gasteiger charge is -2.16. The molecule has 0 spiro atoms. The van der Waals surface area contributed by atoms with Crippen LogP contribution in [-0.2, 0) is 9.47 Å². The average molecular weight is 378 g/mol. The lowest BCUT2D eigenvalue weighted by atomic mass is 10.1. The van der Waals surface area contributed by atoms with Gasteiger partial charge < -0.3 is 14.8 Å². The van der Waals surface area contributed by atoms with Crippen molar-refractivity contribution in [3.05, 3.63) is 65.4 Å². The van der Waals surface area contributed by atoms with Crippen molar-refractivity contribution in [3.8, 4) is 0 Å². The van der Waals surface area contributed by atoms with Crippen LogP contribution in [-0.4, -0.2) is 30.1 Å². The fourth-order valence-corrected chi connectivity index (χ4v) is 2.88. The Morgan fingerprint density at radius 1 is 1.00 bits per heavy atom. The van der Waals surface area contributed by atoms with Gasteiger partial charge in [0.05, 0.1) is 30.0 Å². The lowest BCUT2D eigenvalue weighted by Crippen LogP contribution is -2.10. The maximum atomic E-state index is 12.5. The molecule has 0 radical (unpaired) electrons. The molecule has 0 aliphatic rings. The number of aryl methyl sites for hydroxylation is 1. The summed E-state index contributed by atoms with van der Waals surface area (Å²) in [6, 6.07) is 12.8. The smallest absolute Gasteiger partial charge is 0.341 e. The summed E-state index contributed by atoms with van der Waals surface area (Å²) in [7, 11) is 0. The third-order valence-corrected chi connectivity index (χ3v) is 4.28. The van der Waals surface area contributed by atoms with Gasteiger partial charge in [-0.15, -0.1) is 0 Å². The van der Waals surface area contributed by atoms with Gasteiger partial charge in [0.25, 0.3) is 0 Å². The van der Waals surface area contributed by atoms with Gasteiger partial charge in [0, 0.05) is 17.3 Å². The quantitative estimate of drug-likeness (QED) is 0.630. The van der Waals surface area contributed by atoms with Crippen LogP contribution in [0.2, 0.25) is 0 Å². The van der Waals surface area contributed by atoms with Crippen molar-refractivity contribution in [2.45, 2.75) is 20.8 Å². The minimum Gasteiger partial charge on any atom is -0.462 e. The number of anilines is 2. The third-order valence-electron chi connectivity index (χ3n) is 4.28. The van der Waals surface area contributed by atoms with E-state index < -0.39 is 11.9 Å². The van der Waals surface area contributed by atoms with E-state index in [0.717, 1.165) is 11.3 Å². The molecule has 0 fully saturated rings. The van der Waals surface area contributed by atoms with Crippen molar-refractivity contribution < 1.29 is 19.1 Å². The number of nitrogens with zero attached hydrogens (tertiary/aromatic N) is 1. The number of nitrogens with one attached hydrogen (secondary N) is 1. The number of carbonyl (C=O) groups is 2. The summed E-state index contributed by atoms with van der Waals surface area (Å²) in [4.78, 5) is 29.1. The lowest BCUT2D eigenvalue weighted by molar-refractivity contribution is 0.0518. The third kappa shape index (κ3) is 3.96. The van der Waals surface area contributed by atoms with Crippen LogP contribution in [0.15, 0.2) is 48.7 Å². The standard InChI is InChI=1S/C22H22N2O4/c1-4-27-21(25)15-10-11-19-16(12-15)20(17(13-23-19)22(26)28-5-2)24-18-9-7-6-8-14(18)3/h6-13H,4-5H2,1-3H3,(H,23,24). The first-order chi connectivity index (χ1) is 13.5. The summed E-state index contributed by atoms with van der Waals surface area (Å²) < 4.78 is 10.3. The molecule has 0 unspecified atom stereocenters. The number of para-hydroxylation sites is 1. The molecule has 0 aliphatic heterocycles. The second kappa shape index (κ2) is 8.52. The van der Waals surface area contributed by atoms with E-state index in [1.54, 1.807) is 32.0 Å². The minimum absolute atomic E-state index is 0.254. The SMILES string of the molecule is CCOC(=O)c1ccc2ncc(C(=O)OCC)c(Nc3ccccc3C)c2c1. The summed E-state index contributed by atoms with van der Waals surface area (Å²) in [6.45, 7) is 6.01. The maximum Gasteiger partial charge on any atom is 0.341 e. The van der Waals surface area contributed by atoms with Crippen molar-refractivity contribution in [1.82, 2.24) is 4.98 Å². The number of benzene rings is 2. The van der Waals surface area contributed by atoms with Gasteiger partial charge in [0.1, 0.15) is 5.56 Å². The van der Waals surface area contributed by atoms with Gasteiger partial charge in [0.2, 0.25) is 0 Å². The van der Waals surface area contributed by atoms with Gasteiger partial charge in [-0.2, -0.15) is 0 Å². The number of hydrogen-bond donors (Lipinski definition) is 1. The van der Waals surface area contributed by atoms with Crippen molar-refractivity contribution in [2.75, 3.05) is 18.5 Å². The number of rotatable bonds is 6. The largest absolute Gasteiger partial charge is 0.462 e. The van der Waals surface area contributed by atoms with E-state index in [0.29, 0.717) is 27.7 Å². The molecule has 144 valence electrons. The number of carbonyl (C=O) groups excluding carboxylic acids is 2. The van der Waals surface area contributed by atoms with E-state index >= 15 is 0 Å². The van der Waals surface area contributed by atoms with Crippen LogP contribution in [0.3, 0.4) is 0 Å². The highest BCUT2D eigenvalue weighted by Crippen LogP contribution is 2.31. The Morgan fingerprint density at radius 2 is 1.71 bits per heavy atom. The number of fused-ring (bicyclic) bond motifs is 1. The van der Waals surface area contributed by atoms with Gasteiger partial charge in [-0.05, 0) is 50.6 Å². The van der Waals surface area contributed by atoms with E-state index in [9.17, 15) is 9.59 Å². The summed E-state index contributed by atoms with van der Waals surface area (Å²) >= 11 is 0. The zero-order valence-corrected chi connectivity index (χ0v) is 16.1. The predicted octanol–water partition coefficient (Wildman–Crippen LogP) is 4.64. The van der Waals surface area contributed by atoms with Gasteiger partial charge in [0.15, 0.2) is 0 Å². The molecule has 3 aromatic rings. The number of pyridine rings is 1. The Balaban J connectivity index is 2.19. The molecule has 28 heavy (non-hydrogen) atoms. The van der Waals surface area contributed by atoms with Gasteiger partial charge in [-0.25, -0.2) is 9.59 Å². The molecule has 0 bridgehead atoms. The Kier molecular flexibility index (Phi) is 5.89. The molecule has 2 aromatic carbocycles. The molecule has 1 N–H and O–H groups in total. The Bertz CT molecular complexity index is 1020. The summed E-state index contributed by atoms with van der Waals surface area (Å²) in [5.74, 6) is -0.901. The van der Waals surface area contributed by atoms with E-state index in [1.165, 1.54) is 6.20 Å². The minimum atomic E-state index is -0.477. The number of ether oxygens (including phenoxy) is 2. The van der Waals surface area contributed by atoms with Gasteiger partial charge in [-0.1, -0.05) is 18.2 Å². The van der Waals surface area contributed by atoms with E-state index in [1.807, 2.05) is 31.2 Å². The highest BCUT2D eigenvalue weighted by molar-refractivity contribution is 6.07. The van der Waals surface area contributed by atoms with E-state index in [2.05, 4.69) is 10.3 Å². The van der Waals surface area contributed by atoms with Crippen LogP contribution >= 0.6 is 0 Å². The molecule has 0 aliphatic carbocycles. The normalized spacial score (nSPS) is 10.5. The van der Waals surface area contributed by atoms with Crippen LogP contribution in [0.25, 0.3) is 10.9 Å². The Hall–Kier alpha value is -3.41. The maximum absolute atomic E-state index is 12.5. The van der Waals surface area contributed by atoms with Gasteiger partial charge in [-0.3, -0.25) is 4.98 Å². The molecular formula is C22H22N2O4. The van der Waals surface area contributed by atoms with Crippen molar-refractivity contribution in [1.29, 1.82) is 0 Å².